The monoisotopic (exact) mass is 436 g/mol. The number of fused-ring (bicyclic) bond motifs is 1. The molecule has 0 atom stereocenters. The van der Waals surface area contributed by atoms with Crippen molar-refractivity contribution in [3.05, 3.63) is 35.7 Å². The molecule has 3 heterocycles. The summed E-state index contributed by atoms with van der Waals surface area (Å²) < 4.78 is 31.7. The lowest BCUT2D eigenvalue weighted by atomic mass is 10.2. The molecule has 0 aliphatic carbocycles. The first-order valence-electron chi connectivity index (χ1n) is 9.52. The van der Waals surface area contributed by atoms with Gasteiger partial charge in [-0.3, -0.25) is 10.2 Å². The molecule has 1 aromatic carbocycles. The number of nitrogens with one attached hydrogen (secondary N) is 1. The maximum atomic E-state index is 12.7. The van der Waals surface area contributed by atoms with Crippen molar-refractivity contribution >= 4 is 38.1 Å². The minimum absolute atomic E-state index is 0.177. The Morgan fingerprint density at radius 3 is 2.62 bits per heavy atom. The molecule has 29 heavy (non-hydrogen) atoms. The van der Waals surface area contributed by atoms with Gasteiger partial charge < -0.3 is 9.64 Å². The predicted octanol–water partition coefficient (Wildman–Crippen LogP) is 2.51. The first-order valence-corrected chi connectivity index (χ1v) is 11.8. The first kappa shape index (κ1) is 20.0. The number of hydrogen-bond acceptors (Lipinski definition) is 7. The van der Waals surface area contributed by atoms with Gasteiger partial charge >= 0.3 is 6.03 Å². The predicted molar refractivity (Wildman–Crippen MR) is 113 cm³/mol. The van der Waals surface area contributed by atoms with E-state index in [1.807, 2.05) is 18.2 Å². The number of ether oxygens (including phenoxy) is 1. The highest BCUT2D eigenvalue weighted by atomic mass is 32.2. The molecule has 4 rings (SSSR count). The molecule has 1 N–H and O–H groups in total. The highest BCUT2D eigenvalue weighted by Crippen LogP contribution is 2.34. The highest BCUT2D eigenvalue weighted by Gasteiger charge is 2.37. The summed E-state index contributed by atoms with van der Waals surface area (Å²) in [6, 6.07) is 8.97. The van der Waals surface area contributed by atoms with Crippen molar-refractivity contribution in [1.29, 1.82) is 0 Å². The smallest absolute Gasteiger partial charge is 0.336 e. The van der Waals surface area contributed by atoms with E-state index in [-0.39, 0.29) is 11.4 Å². The van der Waals surface area contributed by atoms with Crippen molar-refractivity contribution in [2.24, 2.45) is 0 Å². The number of benzene rings is 1. The maximum Gasteiger partial charge on any atom is 0.336 e. The third-order valence-electron chi connectivity index (χ3n) is 5.28. The molecule has 0 saturated carbocycles. The molecule has 0 bridgehead atoms. The van der Waals surface area contributed by atoms with Crippen molar-refractivity contribution < 1.29 is 17.9 Å². The van der Waals surface area contributed by atoms with Gasteiger partial charge in [0, 0.05) is 39.3 Å². The zero-order valence-electron chi connectivity index (χ0n) is 16.2. The Kier molecular flexibility index (Phi) is 5.66. The molecule has 2 aliphatic heterocycles. The molecule has 0 unspecified atom stereocenters. The lowest BCUT2D eigenvalue weighted by Gasteiger charge is -2.37. The molecule has 2 aliphatic rings. The SMILES string of the molecule is COc1ccccc1N1CCN(CCCN2C(=O)Nc3sccc3S2(=O)=O)CC1. The molecule has 0 radical (unpaired) electrons. The molecule has 2 aromatic rings. The van der Waals surface area contributed by atoms with Gasteiger partial charge in [-0.15, -0.1) is 11.3 Å². The van der Waals surface area contributed by atoms with Gasteiger partial charge in [0.25, 0.3) is 10.0 Å². The molecule has 1 fully saturated rings. The van der Waals surface area contributed by atoms with E-state index < -0.39 is 16.1 Å². The average molecular weight is 437 g/mol. The van der Waals surface area contributed by atoms with Crippen LogP contribution in [-0.2, 0) is 10.0 Å². The summed E-state index contributed by atoms with van der Waals surface area (Å²) in [4.78, 5) is 17.0. The van der Waals surface area contributed by atoms with Gasteiger partial charge in [-0.1, -0.05) is 12.1 Å². The van der Waals surface area contributed by atoms with Crippen molar-refractivity contribution in [2.75, 3.05) is 56.6 Å². The van der Waals surface area contributed by atoms with E-state index in [4.69, 9.17) is 4.74 Å². The molecular weight excluding hydrogens is 412 g/mol. The molecule has 0 spiro atoms. The molecule has 156 valence electrons. The summed E-state index contributed by atoms with van der Waals surface area (Å²) in [7, 11) is -2.07. The Hall–Kier alpha value is -2.30. The van der Waals surface area contributed by atoms with Crippen LogP contribution >= 0.6 is 11.3 Å². The Labute approximate surface area is 174 Å². The van der Waals surface area contributed by atoms with Crippen LogP contribution in [0.25, 0.3) is 0 Å². The van der Waals surface area contributed by atoms with E-state index >= 15 is 0 Å². The molecular formula is C19H24N4O4S2. The van der Waals surface area contributed by atoms with E-state index in [2.05, 4.69) is 21.2 Å². The number of carbonyl (C=O) groups is 1. The van der Waals surface area contributed by atoms with Crippen molar-refractivity contribution in [1.82, 2.24) is 9.21 Å². The standard InChI is InChI=1S/C19H24N4O4S2/c1-27-16-6-3-2-5-15(16)22-12-10-21(11-13-22)8-4-9-23-19(24)20-18-17(7-14-28-18)29(23,25)26/h2-3,5-7,14H,4,8-13H2,1H3,(H,20,24). The van der Waals surface area contributed by atoms with Crippen LogP contribution in [0.5, 0.6) is 5.75 Å². The van der Waals surface area contributed by atoms with Gasteiger partial charge in [0.1, 0.15) is 15.6 Å². The zero-order chi connectivity index (χ0) is 20.4. The Morgan fingerprint density at radius 1 is 1.10 bits per heavy atom. The second-order valence-electron chi connectivity index (χ2n) is 6.98. The van der Waals surface area contributed by atoms with E-state index in [9.17, 15) is 13.2 Å². The highest BCUT2D eigenvalue weighted by molar-refractivity contribution is 7.90. The van der Waals surface area contributed by atoms with Gasteiger partial charge in [0.15, 0.2) is 0 Å². The zero-order valence-corrected chi connectivity index (χ0v) is 17.8. The van der Waals surface area contributed by atoms with Crippen LogP contribution in [0.2, 0.25) is 0 Å². The number of rotatable bonds is 6. The fraction of sp³-hybridized carbons (Fsp3) is 0.421. The van der Waals surface area contributed by atoms with Crippen LogP contribution in [0.3, 0.4) is 0 Å². The van der Waals surface area contributed by atoms with Crippen LogP contribution in [-0.4, -0.2) is 70.0 Å². The number of nitrogens with zero attached hydrogens (tertiary/aromatic N) is 3. The van der Waals surface area contributed by atoms with Gasteiger partial charge in [0.05, 0.1) is 12.8 Å². The third-order valence-corrected chi connectivity index (χ3v) is 8.06. The number of urea groups is 1. The van der Waals surface area contributed by atoms with Gasteiger partial charge in [-0.05, 0) is 30.0 Å². The number of thiophene rings is 1. The normalized spacial score (nSPS) is 19.0. The van der Waals surface area contributed by atoms with E-state index in [0.717, 1.165) is 48.5 Å². The Morgan fingerprint density at radius 2 is 1.86 bits per heavy atom. The van der Waals surface area contributed by atoms with Gasteiger partial charge in [-0.2, -0.15) is 0 Å². The molecule has 1 saturated heterocycles. The number of para-hydroxylation sites is 2. The first-order chi connectivity index (χ1) is 14.0. The molecule has 8 nitrogen and oxygen atoms in total. The summed E-state index contributed by atoms with van der Waals surface area (Å²) in [5.74, 6) is 0.870. The van der Waals surface area contributed by atoms with Crippen LogP contribution in [0.4, 0.5) is 15.5 Å². The number of methoxy groups -OCH3 is 1. The van der Waals surface area contributed by atoms with Gasteiger partial charge in [-0.25, -0.2) is 17.5 Å². The Bertz CT molecular complexity index is 984. The number of piperazine rings is 1. The van der Waals surface area contributed by atoms with Crippen LogP contribution in [0, 0.1) is 0 Å². The average Bonchev–Trinajstić information content (AvgIpc) is 3.20. The molecule has 10 heteroatoms. The fourth-order valence-corrected chi connectivity index (χ4v) is 6.36. The number of carbonyl (C=O) groups excluding carboxylic acids is 1. The largest absolute Gasteiger partial charge is 0.495 e. The number of anilines is 2. The van der Waals surface area contributed by atoms with Crippen molar-refractivity contribution in [3.63, 3.8) is 0 Å². The summed E-state index contributed by atoms with van der Waals surface area (Å²) in [5.41, 5.74) is 1.09. The second-order valence-corrected chi connectivity index (χ2v) is 9.72. The van der Waals surface area contributed by atoms with Crippen LogP contribution in [0.1, 0.15) is 6.42 Å². The maximum absolute atomic E-state index is 12.7. The number of hydrogen-bond donors (Lipinski definition) is 1. The lowest BCUT2D eigenvalue weighted by Crippen LogP contribution is -2.48. The number of amides is 2. The minimum Gasteiger partial charge on any atom is -0.495 e. The van der Waals surface area contributed by atoms with Crippen LogP contribution < -0.4 is 15.0 Å². The number of sulfonamides is 1. The third kappa shape index (κ3) is 3.92. The quantitative estimate of drug-likeness (QED) is 0.749. The van der Waals surface area contributed by atoms with Crippen molar-refractivity contribution in [3.8, 4) is 5.75 Å². The fourth-order valence-electron chi connectivity index (χ4n) is 3.74. The Balaban J connectivity index is 1.30. The lowest BCUT2D eigenvalue weighted by molar-refractivity contribution is 0.225. The topological polar surface area (TPSA) is 82.2 Å². The van der Waals surface area contributed by atoms with Crippen molar-refractivity contribution in [2.45, 2.75) is 11.3 Å². The second kappa shape index (κ2) is 8.21. The molecule has 1 aromatic heterocycles. The summed E-state index contributed by atoms with van der Waals surface area (Å²) in [5, 5.41) is 4.74. The minimum atomic E-state index is -3.75. The van der Waals surface area contributed by atoms with E-state index in [1.165, 1.54) is 11.3 Å². The summed E-state index contributed by atoms with van der Waals surface area (Å²) in [6.07, 6.45) is 0.598. The molecule has 2 amide bonds. The van der Waals surface area contributed by atoms with Gasteiger partial charge in [0.2, 0.25) is 0 Å². The van der Waals surface area contributed by atoms with E-state index in [0.29, 0.717) is 11.4 Å². The summed E-state index contributed by atoms with van der Waals surface area (Å²) in [6.45, 7) is 4.44. The van der Waals surface area contributed by atoms with Crippen LogP contribution in [0.15, 0.2) is 40.6 Å². The summed E-state index contributed by atoms with van der Waals surface area (Å²) >= 11 is 1.22. The van der Waals surface area contributed by atoms with E-state index in [1.54, 1.807) is 18.6 Å².